The van der Waals surface area contributed by atoms with E-state index in [1.165, 1.54) is 12.8 Å². The van der Waals surface area contributed by atoms with Gasteiger partial charge in [-0.25, -0.2) is 0 Å². The molecular weight excluding hydrogens is 190 g/mol. The summed E-state index contributed by atoms with van der Waals surface area (Å²) in [5.41, 5.74) is 0. The molecule has 4 heteroatoms. The van der Waals surface area contributed by atoms with Crippen molar-refractivity contribution in [2.75, 3.05) is 32.8 Å². The molecule has 0 aliphatic carbocycles. The third-order valence-electron chi connectivity index (χ3n) is 3.16. The number of piperazine rings is 1. The Morgan fingerprint density at radius 2 is 2.47 bits per heavy atom. The lowest BCUT2D eigenvalue weighted by Crippen LogP contribution is -2.52. The Morgan fingerprint density at radius 1 is 1.53 bits per heavy atom. The first-order valence-electron chi connectivity index (χ1n) is 5.83. The van der Waals surface area contributed by atoms with Crippen LogP contribution >= 0.6 is 0 Å². The van der Waals surface area contributed by atoms with Gasteiger partial charge >= 0.3 is 0 Å². The summed E-state index contributed by atoms with van der Waals surface area (Å²) < 4.78 is 5.62. The maximum atomic E-state index is 8.66. The Kier molecular flexibility index (Phi) is 3.95. The van der Waals surface area contributed by atoms with Gasteiger partial charge < -0.3 is 10.1 Å². The fraction of sp³-hybridized carbons (Fsp3) is 0.909. The van der Waals surface area contributed by atoms with E-state index in [0.717, 1.165) is 32.8 Å². The first kappa shape index (κ1) is 10.9. The Labute approximate surface area is 91.2 Å². The van der Waals surface area contributed by atoms with Gasteiger partial charge in [-0.3, -0.25) is 4.90 Å². The van der Waals surface area contributed by atoms with Crippen LogP contribution < -0.4 is 5.32 Å². The molecule has 2 saturated heterocycles. The van der Waals surface area contributed by atoms with Gasteiger partial charge in [-0.05, 0) is 12.8 Å². The van der Waals surface area contributed by atoms with Gasteiger partial charge in [0.05, 0.1) is 18.6 Å². The lowest BCUT2D eigenvalue weighted by molar-refractivity contribution is 0.0629. The molecule has 0 spiro atoms. The van der Waals surface area contributed by atoms with Crippen LogP contribution in [0.15, 0.2) is 0 Å². The largest absolute Gasteiger partial charge is 0.377 e. The molecule has 15 heavy (non-hydrogen) atoms. The maximum Gasteiger partial charge on any atom is 0.0702 e. The highest BCUT2D eigenvalue weighted by Gasteiger charge is 2.23. The number of hydrogen-bond donors (Lipinski definition) is 1. The van der Waals surface area contributed by atoms with E-state index in [1.54, 1.807) is 0 Å². The average Bonchev–Trinajstić information content (AvgIpc) is 2.71. The van der Waals surface area contributed by atoms with Crippen LogP contribution in [0.25, 0.3) is 0 Å². The van der Waals surface area contributed by atoms with Crippen LogP contribution in [0.5, 0.6) is 0 Å². The molecule has 2 aliphatic rings. The van der Waals surface area contributed by atoms with E-state index in [2.05, 4.69) is 16.3 Å². The minimum Gasteiger partial charge on any atom is -0.377 e. The highest BCUT2D eigenvalue weighted by atomic mass is 16.5. The van der Waals surface area contributed by atoms with Crippen LogP contribution in [0.4, 0.5) is 0 Å². The van der Waals surface area contributed by atoms with Crippen molar-refractivity contribution >= 4 is 0 Å². The molecular formula is C11H19N3O. The fourth-order valence-corrected chi connectivity index (χ4v) is 2.38. The van der Waals surface area contributed by atoms with Crippen LogP contribution in [0.2, 0.25) is 0 Å². The minimum atomic E-state index is 0.352. The van der Waals surface area contributed by atoms with Crippen molar-refractivity contribution in [2.24, 2.45) is 0 Å². The van der Waals surface area contributed by atoms with Crippen molar-refractivity contribution in [3.63, 3.8) is 0 Å². The second-order valence-corrected chi connectivity index (χ2v) is 4.41. The Morgan fingerprint density at radius 3 is 3.20 bits per heavy atom. The summed E-state index contributed by atoms with van der Waals surface area (Å²) in [7, 11) is 0. The summed E-state index contributed by atoms with van der Waals surface area (Å²) in [6.45, 7) is 5.05. The van der Waals surface area contributed by atoms with Crippen molar-refractivity contribution in [2.45, 2.75) is 31.4 Å². The zero-order valence-electron chi connectivity index (χ0n) is 9.11. The van der Waals surface area contributed by atoms with E-state index in [-0.39, 0.29) is 0 Å². The quantitative estimate of drug-likeness (QED) is 0.729. The molecule has 0 saturated carbocycles. The lowest BCUT2D eigenvalue weighted by Gasteiger charge is -2.33. The molecule has 2 atom stereocenters. The van der Waals surface area contributed by atoms with Gasteiger partial charge in [0.1, 0.15) is 0 Å². The number of hydrogen-bond acceptors (Lipinski definition) is 4. The Bertz CT molecular complexity index is 232. The fourth-order valence-electron chi connectivity index (χ4n) is 2.38. The molecule has 2 unspecified atom stereocenters. The molecule has 4 nitrogen and oxygen atoms in total. The van der Waals surface area contributed by atoms with Gasteiger partial charge in [0.2, 0.25) is 0 Å². The van der Waals surface area contributed by atoms with Crippen LogP contribution in [0.1, 0.15) is 19.3 Å². The summed E-state index contributed by atoms with van der Waals surface area (Å²) in [4.78, 5) is 2.43. The molecule has 0 amide bonds. The van der Waals surface area contributed by atoms with Gasteiger partial charge in [-0.15, -0.1) is 0 Å². The number of nitrogens with one attached hydrogen (secondary N) is 1. The SMILES string of the molecule is N#CCC1CN(CC2CCCO2)CCN1. The first-order chi connectivity index (χ1) is 7.38. The molecule has 2 rings (SSSR count). The number of ether oxygens (including phenoxy) is 1. The molecule has 84 valence electrons. The average molecular weight is 209 g/mol. The molecule has 0 aromatic rings. The molecule has 0 aromatic carbocycles. The Hall–Kier alpha value is -0.630. The smallest absolute Gasteiger partial charge is 0.0702 e. The third-order valence-corrected chi connectivity index (χ3v) is 3.16. The van der Waals surface area contributed by atoms with Crippen LogP contribution in [-0.4, -0.2) is 49.8 Å². The predicted octanol–water partition coefficient (Wildman–Crippen LogP) is 0.353. The number of nitriles is 1. The second-order valence-electron chi connectivity index (χ2n) is 4.41. The molecule has 2 fully saturated rings. The normalized spacial score (nSPS) is 32.7. The summed E-state index contributed by atoms with van der Waals surface area (Å²) in [5, 5.41) is 12.0. The van der Waals surface area contributed by atoms with Gasteiger partial charge in [0.25, 0.3) is 0 Å². The summed E-state index contributed by atoms with van der Waals surface area (Å²) >= 11 is 0. The van der Waals surface area contributed by atoms with Crippen LogP contribution in [0, 0.1) is 11.3 Å². The highest BCUT2D eigenvalue weighted by Crippen LogP contribution is 2.14. The van der Waals surface area contributed by atoms with Crippen LogP contribution in [0.3, 0.4) is 0 Å². The zero-order valence-corrected chi connectivity index (χ0v) is 9.11. The summed E-state index contributed by atoms with van der Waals surface area (Å²) in [6, 6.07) is 2.58. The van der Waals surface area contributed by atoms with Gasteiger partial charge in [-0.1, -0.05) is 0 Å². The van der Waals surface area contributed by atoms with E-state index < -0.39 is 0 Å². The molecule has 1 N–H and O–H groups in total. The van der Waals surface area contributed by atoms with Crippen molar-refractivity contribution in [1.29, 1.82) is 5.26 Å². The minimum absolute atomic E-state index is 0.352. The van der Waals surface area contributed by atoms with Crippen molar-refractivity contribution < 1.29 is 4.74 Å². The van der Waals surface area contributed by atoms with E-state index in [0.29, 0.717) is 18.6 Å². The monoisotopic (exact) mass is 209 g/mol. The van der Waals surface area contributed by atoms with E-state index in [4.69, 9.17) is 10.00 Å². The number of nitrogens with zero attached hydrogens (tertiary/aromatic N) is 2. The standard InChI is InChI=1S/C11H19N3O/c12-4-3-10-8-14(6-5-13-10)9-11-2-1-7-15-11/h10-11,13H,1-3,5-9H2. The van der Waals surface area contributed by atoms with Crippen molar-refractivity contribution in [1.82, 2.24) is 10.2 Å². The second kappa shape index (κ2) is 5.45. The maximum absolute atomic E-state index is 8.66. The van der Waals surface area contributed by atoms with Gasteiger partial charge in [-0.2, -0.15) is 5.26 Å². The van der Waals surface area contributed by atoms with Crippen molar-refractivity contribution in [3.05, 3.63) is 0 Å². The van der Waals surface area contributed by atoms with E-state index >= 15 is 0 Å². The first-order valence-corrected chi connectivity index (χ1v) is 5.83. The van der Waals surface area contributed by atoms with E-state index in [1.807, 2.05) is 0 Å². The molecule has 0 radical (unpaired) electrons. The highest BCUT2D eigenvalue weighted by molar-refractivity contribution is 4.87. The van der Waals surface area contributed by atoms with Crippen molar-refractivity contribution in [3.8, 4) is 6.07 Å². The predicted molar refractivity (Wildman–Crippen MR) is 57.4 cm³/mol. The number of rotatable bonds is 3. The molecule has 2 heterocycles. The van der Waals surface area contributed by atoms with Crippen LogP contribution in [-0.2, 0) is 4.74 Å². The van der Waals surface area contributed by atoms with E-state index in [9.17, 15) is 0 Å². The lowest BCUT2D eigenvalue weighted by atomic mass is 10.1. The van der Waals surface area contributed by atoms with Gasteiger partial charge in [0.15, 0.2) is 0 Å². The molecule has 0 aromatic heterocycles. The molecule has 2 aliphatic heterocycles. The Balaban J connectivity index is 1.74. The van der Waals surface area contributed by atoms with Gasteiger partial charge in [0, 0.05) is 38.8 Å². The summed E-state index contributed by atoms with van der Waals surface area (Å²) in [5.74, 6) is 0. The topological polar surface area (TPSA) is 48.3 Å². The molecule has 0 bridgehead atoms. The third kappa shape index (κ3) is 3.16. The zero-order chi connectivity index (χ0) is 10.5. The summed E-state index contributed by atoms with van der Waals surface area (Å²) in [6.07, 6.45) is 3.46.